The summed E-state index contributed by atoms with van der Waals surface area (Å²) >= 11 is 0. The van der Waals surface area contributed by atoms with Crippen molar-refractivity contribution in [3.8, 4) is 11.5 Å². The molecule has 0 atom stereocenters. The van der Waals surface area contributed by atoms with Crippen LogP contribution in [0.15, 0.2) is 65.3 Å². The molecule has 0 fully saturated rings. The monoisotopic (exact) mass is 375 g/mol. The number of para-hydroxylation sites is 1. The van der Waals surface area contributed by atoms with Crippen molar-refractivity contribution in [2.75, 3.05) is 14.2 Å². The SMILES string of the molecule is COc1cccc(CNC(=O)Cc2coc3ccc4ccccc4c23)c1OC. The van der Waals surface area contributed by atoms with Gasteiger partial charge in [0.05, 0.1) is 26.9 Å². The summed E-state index contributed by atoms with van der Waals surface area (Å²) in [6, 6.07) is 17.7. The van der Waals surface area contributed by atoms with Gasteiger partial charge in [0.2, 0.25) is 5.91 Å². The molecule has 3 aromatic carbocycles. The second-order valence-electron chi connectivity index (χ2n) is 6.53. The molecule has 1 heterocycles. The molecule has 4 rings (SSSR count). The summed E-state index contributed by atoms with van der Waals surface area (Å²) < 4.78 is 16.4. The molecule has 0 aliphatic heterocycles. The molecule has 0 saturated carbocycles. The first kappa shape index (κ1) is 17.9. The lowest BCUT2D eigenvalue weighted by atomic mass is 10.0. The minimum Gasteiger partial charge on any atom is -0.493 e. The lowest BCUT2D eigenvalue weighted by Crippen LogP contribution is -2.24. The highest BCUT2D eigenvalue weighted by molar-refractivity contribution is 6.08. The van der Waals surface area contributed by atoms with E-state index < -0.39 is 0 Å². The molecule has 0 spiro atoms. The smallest absolute Gasteiger partial charge is 0.224 e. The minimum absolute atomic E-state index is 0.0829. The Labute approximate surface area is 162 Å². The molecule has 5 nitrogen and oxygen atoms in total. The van der Waals surface area contributed by atoms with Crippen LogP contribution in [0.3, 0.4) is 0 Å². The van der Waals surface area contributed by atoms with E-state index in [1.54, 1.807) is 20.5 Å². The van der Waals surface area contributed by atoms with Gasteiger partial charge >= 0.3 is 0 Å². The Morgan fingerprint density at radius 2 is 1.82 bits per heavy atom. The maximum atomic E-state index is 12.6. The van der Waals surface area contributed by atoms with E-state index in [1.807, 2.05) is 42.5 Å². The van der Waals surface area contributed by atoms with Crippen molar-refractivity contribution in [2.45, 2.75) is 13.0 Å². The number of hydrogen-bond donors (Lipinski definition) is 1. The van der Waals surface area contributed by atoms with E-state index >= 15 is 0 Å². The first-order valence-electron chi connectivity index (χ1n) is 9.05. The van der Waals surface area contributed by atoms with Gasteiger partial charge in [0, 0.05) is 23.1 Å². The zero-order valence-corrected chi connectivity index (χ0v) is 15.8. The van der Waals surface area contributed by atoms with Gasteiger partial charge in [-0.15, -0.1) is 0 Å². The zero-order valence-electron chi connectivity index (χ0n) is 15.8. The fraction of sp³-hybridized carbons (Fsp3) is 0.174. The van der Waals surface area contributed by atoms with Crippen LogP contribution < -0.4 is 14.8 Å². The number of nitrogens with one attached hydrogen (secondary N) is 1. The van der Waals surface area contributed by atoms with Crippen LogP contribution in [-0.4, -0.2) is 20.1 Å². The molecule has 0 bridgehead atoms. The predicted octanol–water partition coefficient (Wildman–Crippen LogP) is 4.46. The molecule has 0 aliphatic carbocycles. The number of methoxy groups -OCH3 is 2. The van der Waals surface area contributed by atoms with Crippen molar-refractivity contribution in [2.24, 2.45) is 0 Å². The van der Waals surface area contributed by atoms with Gasteiger partial charge in [-0.2, -0.15) is 0 Å². The van der Waals surface area contributed by atoms with Crippen LogP contribution in [0, 0.1) is 0 Å². The summed E-state index contributed by atoms with van der Waals surface area (Å²) in [5.41, 5.74) is 2.52. The Morgan fingerprint density at radius 1 is 0.964 bits per heavy atom. The standard InChI is InChI=1S/C23H21NO4/c1-26-20-9-5-7-16(23(20)27-2)13-24-21(25)12-17-14-28-19-11-10-15-6-3-4-8-18(15)22(17)19/h3-11,14H,12-13H2,1-2H3,(H,24,25). The Hall–Kier alpha value is -3.47. The Balaban J connectivity index is 1.54. The first-order chi connectivity index (χ1) is 13.7. The Kier molecular flexibility index (Phi) is 4.89. The van der Waals surface area contributed by atoms with Crippen LogP contribution in [0.5, 0.6) is 11.5 Å². The number of ether oxygens (including phenoxy) is 2. The summed E-state index contributed by atoms with van der Waals surface area (Å²) in [5.74, 6) is 1.19. The summed E-state index contributed by atoms with van der Waals surface area (Å²) in [7, 11) is 3.18. The maximum Gasteiger partial charge on any atom is 0.224 e. The first-order valence-corrected chi connectivity index (χ1v) is 9.05. The number of carbonyl (C=O) groups is 1. The molecule has 0 radical (unpaired) electrons. The highest BCUT2D eigenvalue weighted by Gasteiger charge is 2.14. The van der Waals surface area contributed by atoms with Gasteiger partial charge in [-0.05, 0) is 22.9 Å². The number of rotatable bonds is 6. The maximum absolute atomic E-state index is 12.6. The van der Waals surface area contributed by atoms with Crippen LogP contribution in [0.25, 0.3) is 21.7 Å². The molecule has 0 unspecified atom stereocenters. The van der Waals surface area contributed by atoms with Crippen LogP contribution in [0.4, 0.5) is 0 Å². The molecular weight excluding hydrogens is 354 g/mol. The number of furan rings is 1. The molecule has 0 aliphatic rings. The van der Waals surface area contributed by atoms with E-state index in [2.05, 4.69) is 17.4 Å². The molecule has 0 saturated heterocycles. The average Bonchev–Trinajstić information content (AvgIpc) is 3.15. The van der Waals surface area contributed by atoms with Crippen molar-refractivity contribution in [1.29, 1.82) is 0 Å². The molecular formula is C23H21NO4. The number of benzene rings is 3. The van der Waals surface area contributed by atoms with Crippen LogP contribution in [0.1, 0.15) is 11.1 Å². The molecule has 5 heteroatoms. The molecule has 1 aromatic heterocycles. The second-order valence-corrected chi connectivity index (χ2v) is 6.53. The van der Waals surface area contributed by atoms with Crippen LogP contribution in [-0.2, 0) is 17.8 Å². The van der Waals surface area contributed by atoms with E-state index in [0.717, 1.165) is 32.9 Å². The fourth-order valence-electron chi connectivity index (χ4n) is 3.53. The number of hydrogen-bond acceptors (Lipinski definition) is 4. The quantitative estimate of drug-likeness (QED) is 0.540. The number of carbonyl (C=O) groups excluding carboxylic acids is 1. The highest BCUT2D eigenvalue weighted by atomic mass is 16.5. The van der Waals surface area contributed by atoms with Crippen molar-refractivity contribution in [3.05, 3.63) is 72.0 Å². The largest absolute Gasteiger partial charge is 0.493 e. The van der Waals surface area contributed by atoms with Crippen molar-refractivity contribution < 1.29 is 18.7 Å². The summed E-state index contributed by atoms with van der Waals surface area (Å²) in [4.78, 5) is 12.6. The molecule has 1 N–H and O–H groups in total. The predicted molar refractivity (Wildman–Crippen MR) is 109 cm³/mol. The van der Waals surface area contributed by atoms with E-state index in [0.29, 0.717) is 18.0 Å². The third-order valence-corrected chi connectivity index (χ3v) is 4.85. The van der Waals surface area contributed by atoms with E-state index in [4.69, 9.17) is 13.9 Å². The van der Waals surface area contributed by atoms with Gasteiger partial charge < -0.3 is 19.2 Å². The molecule has 142 valence electrons. The van der Waals surface area contributed by atoms with Gasteiger partial charge in [-0.25, -0.2) is 0 Å². The minimum atomic E-state index is -0.0829. The third-order valence-electron chi connectivity index (χ3n) is 4.85. The summed E-state index contributed by atoms with van der Waals surface area (Å²) in [6.07, 6.45) is 1.91. The normalized spacial score (nSPS) is 10.9. The lowest BCUT2D eigenvalue weighted by Gasteiger charge is -2.13. The van der Waals surface area contributed by atoms with E-state index in [1.165, 1.54) is 0 Å². The van der Waals surface area contributed by atoms with Gasteiger partial charge in [0.15, 0.2) is 11.5 Å². The molecule has 1 amide bonds. The molecule has 4 aromatic rings. The highest BCUT2D eigenvalue weighted by Crippen LogP contribution is 2.31. The van der Waals surface area contributed by atoms with Gasteiger partial charge in [0.1, 0.15) is 5.58 Å². The van der Waals surface area contributed by atoms with E-state index in [-0.39, 0.29) is 12.3 Å². The van der Waals surface area contributed by atoms with Crippen LogP contribution >= 0.6 is 0 Å². The lowest BCUT2D eigenvalue weighted by molar-refractivity contribution is -0.120. The summed E-state index contributed by atoms with van der Waals surface area (Å²) in [5, 5.41) is 6.17. The van der Waals surface area contributed by atoms with Gasteiger partial charge in [0.25, 0.3) is 0 Å². The van der Waals surface area contributed by atoms with Crippen molar-refractivity contribution in [1.82, 2.24) is 5.32 Å². The number of amides is 1. The summed E-state index contributed by atoms with van der Waals surface area (Å²) in [6.45, 7) is 0.357. The average molecular weight is 375 g/mol. The topological polar surface area (TPSA) is 60.7 Å². The van der Waals surface area contributed by atoms with Crippen molar-refractivity contribution >= 4 is 27.6 Å². The number of fused-ring (bicyclic) bond motifs is 3. The Morgan fingerprint density at radius 3 is 2.64 bits per heavy atom. The Bertz CT molecular complexity index is 1150. The third kappa shape index (κ3) is 3.27. The molecule has 28 heavy (non-hydrogen) atoms. The fourth-order valence-corrected chi connectivity index (χ4v) is 3.53. The second kappa shape index (κ2) is 7.64. The van der Waals surface area contributed by atoms with Crippen LogP contribution in [0.2, 0.25) is 0 Å². The van der Waals surface area contributed by atoms with Gasteiger partial charge in [-0.3, -0.25) is 4.79 Å². The zero-order chi connectivity index (χ0) is 19.5. The van der Waals surface area contributed by atoms with Gasteiger partial charge in [-0.1, -0.05) is 42.5 Å². The van der Waals surface area contributed by atoms with Crippen molar-refractivity contribution in [3.63, 3.8) is 0 Å². The van der Waals surface area contributed by atoms with E-state index in [9.17, 15) is 4.79 Å².